The molecular formula is C21H20N4O4S2. The summed E-state index contributed by atoms with van der Waals surface area (Å²) < 4.78 is 34.6. The molecule has 31 heavy (non-hydrogen) atoms. The molecule has 0 aliphatic carbocycles. The molecule has 0 saturated heterocycles. The minimum atomic E-state index is -3.97. The molecule has 0 unspecified atom stereocenters. The van der Waals surface area contributed by atoms with E-state index >= 15 is 0 Å². The van der Waals surface area contributed by atoms with Gasteiger partial charge in [-0.25, -0.2) is 17.7 Å². The second-order valence-corrected chi connectivity index (χ2v) is 9.71. The summed E-state index contributed by atoms with van der Waals surface area (Å²) in [7, 11) is -3.97. The van der Waals surface area contributed by atoms with E-state index in [4.69, 9.17) is 4.52 Å². The number of ketones is 1. The Kier molecular flexibility index (Phi) is 5.50. The van der Waals surface area contributed by atoms with Gasteiger partial charge in [-0.2, -0.15) is 0 Å². The Labute approximate surface area is 183 Å². The molecule has 0 amide bonds. The van der Waals surface area contributed by atoms with Crippen molar-refractivity contribution in [3.8, 4) is 5.82 Å². The molecule has 160 valence electrons. The van der Waals surface area contributed by atoms with Crippen molar-refractivity contribution in [2.24, 2.45) is 0 Å². The summed E-state index contributed by atoms with van der Waals surface area (Å²) in [4.78, 5) is 17.5. The van der Waals surface area contributed by atoms with E-state index in [2.05, 4.69) is 10.1 Å². The maximum atomic E-state index is 13.3. The van der Waals surface area contributed by atoms with Crippen LogP contribution in [0, 0.1) is 20.8 Å². The van der Waals surface area contributed by atoms with Crippen molar-refractivity contribution >= 4 is 32.3 Å². The minimum absolute atomic E-state index is 0.0987. The van der Waals surface area contributed by atoms with Crippen LogP contribution in [0.5, 0.6) is 0 Å². The smallest absolute Gasteiger partial charge is 0.266 e. The first-order valence-corrected chi connectivity index (χ1v) is 11.7. The maximum Gasteiger partial charge on any atom is 0.266 e. The first-order chi connectivity index (χ1) is 14.8. The molecule has 4 aromatic rings. The van der Waals surface area contributed by atoms with Gasteiger partial charge in [0, 0.05) is 34.6 Å². The molecule has 1 aromatic carbocycles. The highest BCUT2D eigenvalue weighted by atomic mass is 32.2. The van der Waals surface area contributed by atoms with E-state index < -0.39 is 10.0 Å². The van der Waals surface area contributed by atoms with Crippen LogP contribution in [0.1, 0.15) is 27.5 Å². The first-order valence-electron chi connectivity index (χ1n) is 9.42. The third-order valence-corrected chi connectivity index (χ3v) is 7.49. The van der Waals surface area contributed by atoms with Crippen LogP contribution in [0.4, 0.5) is 5.13 Å². The van der Waals surface area contributed by atoms with Gasteiger partial charge in [0.25, 0.3) is 10.0 Å². The molecular weight excluding hydrogens is 436 g/mol. The maximum absolute atomic E-state index is 13.3. The van der Waals surface area contributed by atoms with Gasteiger partial charge < -0.3 is 4.52 Å². The number of hydrogen-bond acceptors (Lipinski definition) is 7. The Morgan fingerprint density at radius 3 is 2.52 bits per heavy atom. The predicted octanol–water partition coefficient (Wildman–Crippen LogP) is 3.93. The van der Waals surface area contributed by atoms with E-state index in [0.29, 0.717) is 22.8 Å². The van der Waals surface area contributed by atoms with Gasteiger partial charge in [-0.15, -0.1) is 11.3 Å². The zero-order valence-electron chi connectivity index (χ0n) is 17.1. The second-order valence-electron chi connectivity index (χ2n) is 6.98. The predicted molar refractivity (Wildman–Crippen MR) is 117 cm³/mol. The number of sulfonamides is 1. The molecule has 10 heteroatoms. The molecule has 0 bridgehead atoms. The zero-order valence-corrected chi connectivity index (χ0v) is 18.8. The number of thiazole rings is 1. The first kappa shape index (κ1) is 21.0. The summed E-state index contributed by atoms with van der Waals surface area (Å²) in [5.41, 5.74) is 1.87. The number of aromatic nitrogens is 3. The highest BCUT2D eigenvalue weighted by molar-refractivity contribution is 7.93. The Bertz CT molecular complexity index is 1320. The summed E-state index contributed by atoms with van der Waals surface area (Å²) >= 11 is 1.16. The van der Waals surface area contributed by atoms with E-state index in [0.717, 1.165) is 21.3 Å². The Morgan fingerprint density at radius 2 is 1.90 bits per heavy atom. The fourth-order valence-corrected chi connectivity index (χ4v) is 5.65. The van der Waals surface area contributed by atoms with Gasteiger partial charge in [-0.1, -0.05) is 23.4 Å². The SMILES string of the molecule is Cc1cc(-n2c(C)cc(C(=O)CN(c3nccs3)S(=O)(=O)c3ccccc3)c2C)no1. The third-order valence-electron chi connectivity index (χ3n) is 4.83. The molecule has 4 rings (SSSR count). The van der Waals surface area contributed by atoms with E-state index in [9.17, 15) is 13.2 Å². The van der Waals surface area contributed by atoms with E-state index in [1.54, 1.807) is 49.6 Å². The number of hydrogen-bond donors (Lipinski definition) is 0. The lowest BCUT2D eigenvalue weighted by atomic mass is 10.1. The van der Waals surface area contributed by atoms with Crippen molar-refractivity contribution in [1.82, 2.24) is 14.7 Å². The highest BCUT2D eigenvalue weighted by Gasteiger charge is 2.30. The molecule has 0 spiro atoms. The number of carbonyl (C=O) groups excluding carboxylic acids is 1. The third kappa shape index (κ3) is 3.91. The Hall–Kier alpha value is -3.24. The van der Waals surface area contributed by atoms with Crippen LogP contribution in [-0.2, 0) is 10.0 Å². The zero-order chi connectivity index (χ0) is 22.2. The molecule has 0 aliphatic rings. The normalized spacial score (nSPS) is 11.6. The quantitative estimate of drug-likeness (QED) is 0.391. The van der Waals surface area contributed by atoms with E-state index in [1.165, 1.54) is 18.3 Å². The van der Waals surface area contributed by atoms with Crippen LogP contribution in [0.25, 0.3) is 5.82 Å². The molecule has 3 heterocycles. The van der Waals surface area contributed by atoms with Gasteiger partial charge in [0.1, 0.15) is 12.3 Å². The van der Waals surface area contributed by atoms with Crippen LogP contribution >= 0.6 is 11.3 Å². The fourth-order valence-electron chi connectivity index (χ4n) is 3.39. The van der Waals surface area contributed by atoms with Crippen LogP contribution in [-0.4, -0.2) is 35.5 Å². The molecule has 8 nitrogen and oxygen atoms in total. The standard InChI is InChI=1S/C21H20N4O4S2/c1-14-11-18(16(3)25(14)20-12-15(2)29-23-20)19(26)13-24(21-22-9-10-30-21)31(27,28)17-7-5-4-6-8-17/h4-12H,13H2,1-3H3. The Morgan fingerprint density at radius 1 is 1.16 bits per heavy atom. The minimum Gasteiger partial charge on any atom is -0.360 e. The van der Waals surface area contributed by atoms with Crippen molar-refractivity contribution < 1.29 is 17.7 Å². The van der Waals surface area contributed by atoms with Crippen LogP contribution in [0.15, 0.2) is 63.5 Å². The summed E-state index contributed by atoms with van der Waals surface area (Å²) in [6.45, 7) is 5.07. The number of anilines is 1. The molecule has 3 aromatic heterocycles. The van der Waals surface area contributed by atoms with E-state index in [-0.39, 0.29) is 22.4 Å². The summed E-state index contributed by atoms with van der Waals surface area (Å²) in [6, 6.07) is 11.5. The topological polar surface area (TPSA) is 98.3 Å². The van der Waals surface area contributed by atoms with Gasteiger partial charge in [-0.05, 0) is 39.0 Å². The molecule has 0 atom stereocenters. The molecule has 0 radical (unpaired) electrons. The Balaban J connectivity index is 1.72. The average Bonchev–Trinajstić information content (AvgIpc) is 3.48. The van der Waals surface area contributed by atoms with Crippen molar-refractivity contribution in [2.75, 3.05) is 10.8 Å². The van der Waals surface area contributed by atoms with Crippen molar-refractivity contribution in [3.63, 3.8) is 0 Å². The molecule has 0 saturated carbocycles. The number of aryl methyl sites for hydroxylation is 2. The van der Waals surface area contributed by atoms with Gasteiger partial charge in [0.05, 0.1) is 4.90 Å². The summed E-state index contributed by atoms with van der Waals surface area (Å²) in [6.07, 6.45) is 1.51. The van der Waals surface area contributed by atoms with Gasteiger partial charge in [0.15, 0.2) is 16.7 Å². The molecule has 0 N–H and O–H groups in total. The molecule has 0 aliphatic heterocycles. The van der Waals surface area contributed by atoms with Crippen LogP contribution in [0.2, 0.25) is 0 Å². The number of carbonyl (C=O) groups is 1. The number of Topliss-reactive ketones (excluding diaryl/α,β-unsaturated/α-hetero) is 1. The van der Waals surface area contributed by atoms with Crippen molar-refractivity contribution in [1.29, 1.82) is 0 Å². The van der Waals surface area contributed by atoms with Gasteiger partial charge in [-0.3, -0.25) is 9.36 Å². The second kappa shape index (κ2) is 8.12. The lowest BCUT2D eigenvalue weighted by molar-refractivity contribution is 0.100. The average molecular weight is 457 g/mol. The monoisotopic (exact) mass is 456 g/mol. The largest absolute Gasteiger partial charge is 0.360 e. The lowest BCUT2D eigenvalue weighted by Crippen LogP contribution is -2.36. The van der Waals surface area contributed by atoms with Crippen molar-refractivity contribution in [2.45, 2.75) is 25.7 Å². The van der Waals surface area contributed by atoms with Crippen molar-refractivity contribution in [3.05, 3.63) is 76.8 Å². The molecule has 0 fully saturated rings. The lowest BCUT2D eigenvalue weighted by Gasteiger charge is -2.21. The van der Waals surface area contributed by atoms with Crippen LogP contribution < -0.4 is 4.31 Å². The van der Waals surface area contributed by atoms with Gasteiger partial charge >= 0.3 is 0 Å². The summed E-state index contributed by atoms with van der Waals surface area (Å²) in [5, 5.41) is 5.93. The fraction of sp³-hybridized carbons (Fsp3) is 0.190. The number of nitrogens with zero attached hydrogens (tertiary/aromatic N) is 4. The highest BCUT2D eigenvalue weighted by Crippen LogP contribution is 2.27. The van der Waals surface area contributed by atoms with E-state index in [1.807, 2.05) is 11.5 Å². The number of benzene rings is 1. The van der Waals surface area contributed by atoms with Gasteiger partial charge in [0.2, 0.25) is 0 Å². The number of rotatable bonds is 7. The summed E-state index contributed by atoms with van der Waals surface area (Å²) in [5.74, 6) is 0.883. The van der Waals surface area contributed by atoms with Crippen LogP contribution in [0.3, 0.4) is 0 Å².